The maximum absolute atomic E-state index is 12.3. The minimum Gasteiger partial charge on any atom is -0.463 e. The second kappa shape index (κ2) is 5.69. The number of fused-ring (bicyclic) bond motifs is 1. The molecule has 0 saturated carbocycles. The quantitative estimate of drug-likeness (QED) is 0.616. The molecular formula is C15H17NO3. The molecule has 1 aromatic carbocycles. The van der Waals surface area contributed by atoms with Crippen LogP contribution in [-0.2, 0) is 14.3 Å². The number of ether oxygens (including phenoxy) is 1. The number of amides is 1. The van der Waals surface area contributed by atoms with Crippen molar-refractivity contribution in [3.05, 3.63) is 35.9 Å². The third-order valence-electron chi connectivity index (χ3n) is 2.96. The zero-order chi connectivity index (χ0) is 13.8. The fourth-order valence-electron chi connectivity index (χ4n) is 2.19. The van der Waals surface area contributed by atoms with Gasteiger partial charge in [0, 0.05) is 18.2 Å². The molecule has 2 rings (SSSR count). The van der Waals surface area contributed by atoms with Crippen molar-refractivity contribution in [3.63, 3.8) is 0 Å². The molecule has 0 aromatic heterocycles. The van der Waals surface area contributed by atoms with E-state index < -0.39 is 5.97 Å². The van der Waals surface area contributed by atoms with Crippen LogP contribution in [0.25, 0.3) is 5.57 Å². The van der Waals surface area contributed by atoms with E-state index in [0.29, 0.717) is 18.7 Å². The van der Waals surface area contributed by atoms with Crippen LogP contribution in [-0.4, -0.2) is 25.0 Å². The number of carbonyl (C=O) groups is 2. The lowest BCUT2D eigenvalue weighted by Gasteiger charge is -2.15. The second-order valence-electron chi connectivity index (χ2n) is 4.28. The first kappa shape index (κ1) is 13.3. The molecule has 0 saturated heterocycles. The number of esters is 1. The first-order chi connectivity index (χ1) is 9.19. The molecule has 0 N–H and O–H groups in total. The molecule has 19 heavy (non-hydrogen) atoms. The third kappa shape index (κ3) is 2.52. The molecule has 0 radical (unpaired) electrons. The maximum Gasteiger partial charge on any atom is 0.331 e. The summed E-state index contributed by atoms with van der Waals surface area (Å²) in [4.78, 5) is 25.6. The summed E-state index contributed by atoms with van der Waals surface area (Å²) in [5, 5.41) is 0. The number of anilines is 1. The molecule has 100 valence electrons. The van der Waals surface area contributed by atoms with Gasteiger partial charge < -0.3 is 9.64 Å². The molecule has 1 aromatic rings. The first-order valence-electron chi connectivity index (χ1n) is 6.48. The zero-order valence-electron chi connectivity index (χ0n) is 11.2. The van der Waals surface area contributed by atoms with Gasteiger partial charge in [-0.2, -0.15) is 0 Å². The topological polar surface area (TPSA) is 46.6 Å². The van der Waals surface area contributed by atoms with Crippen LogP contribution in [0.15, 0.2) is 30.3 Å². The van der Waals surface area contributed by atoms with Gasteiger partial charge >= 0.3 is 5.97 Å². The van der Waals surface area contributed by atoms with E-state index in [2.05, 4.69) is 0 Å². The SMILES string of the molecule is CCCN1C(=O)C(=CC(=O)OCC)c2ccccc21. The highest BCUT2D eigenvalue weighted by molar-refractivity contribution is 6.34. The van der Waals surface area contributed by atoms with E-state index in [1.165, 1.54) is 6.08 Å². The Hall–Kier alpha value is -2.10. The lowest BCUT2D eigenvalue weighted by Crippen LogP contribution is -2.27. The molecule has 1 amide bonds. The molecular weight excluding hydrogens is 242 g/mol. The monoisotopic (exact) mass is 259 g/mol. The van der Waals surface area contributed by atoms with Crippen LogP contribution < -0.4 is 4.90 Å². The van der Waals surface area contributed by atoms with Crippen molar-refractivity contribution in [2.75, 3.05) is 18.1 Å². The smallest absolute Gasteiger partial charge is 0.331 e. The van der Waals surface area contributed by atoms with Crippen molar-refractivity contribution in [1.29, 1.82) is 0 Å². The van der Waals surface area contributed by atoms with Gasteiger partial charge in [0.05, 0.1) is 17.9 Å². The lowest BCUT2D eigenvalue weighted by atomic mass is 10.1. The predicted molar refractivity (Wildman–Crippen MR) is 73.7 cm³/mol. The summed E-state index contributed by atoms with van der Waals surface area (Å²) in [7, 11) is 0. The van der Waals surface area contributed by atoms with Crippen LogP contribution >= 0.6 is 0 Å². The van der Waals surface area contributed by atoms with Gasteiger partial charge in [-0.15, -0.1) is 0 Å². The highest BCUT2D eigenvalue weighted by Gasteiger charge is 2.31. The van der Waals surface area contributed by atoms with E-state index in [1.807, 2.05) is 31.2 Å². The summed E-state index contributed by atoms with van der Waals surface area (Å²) in [6.07, 6.45) is 2.16. The number of hydrogen-bond donors (Lipinski definition) is 0. The van der Waals surface area contributed by atoms with Crippen LogP contribution in [0.5, 0.6) is 0 Å². The standard InChI is InChI=1S/C15H17NO3/c1-3-9-16-13-8-6-5-7-11(13)12(15(16)18)10-14(17)19-4-2/h5-8,10H,3-4,9H2,1-2H3. The van der Waals surface area contributed by atoms with E-state index in [1.54, 1.807) is 11.8 Å². The van der Waals surface area contributed by atoms with Crippen molar-refractivity contribution in [3.8, 4) is 0 Å². The molecule has 1 aliphatic rings. The number of nitrogens with zero attached hydrogens (tertiary/aromatic N) is 1. The Morgan fingerprint density at radius 2 is 2.05 bits per heavy atom. The van der Waals surface area contributed by atoms with Gasteiger partial charge in [-0.3, -0.25) is 4.79 Å². The molecule has 4 heteroatoms. The number of hydrogen-bond acceptors (Lipinski definition) is 3. The summed E-state index contributed by atoms with van der Waals surface area (Å²) in [6, 6.07) is 7.51. The van der Waals surface area contributed by atoms with Gasteiger partial charge in [0.25, 0.3) is 5.91 Å². The summed E-state index contributed by atoms with van der Waals surface area (Å²) >= 11 is 0. The van der Waals surface area contributed by atoms with Gasteiger partial charge in [0.15, 0.2) is 0 Å². The summed E-state index contributed by atoms with van der Waals surface area (Å²) in [5.74, 6) is -0.602. The first-order valence-corrected chi connectivity index (χ1v) is 6.48. The van der Waals surface area contributed by atoms with Crippen LogP contribution in [0.2, 0.25) is 0 Å². The normalized spacial score (nSPS) is 15.8. The average Bonchev–Trinajstić information content (AvgIpc) is 2.66. The molecule has 0 unspecified atom stereocenters. The zero-order valence-corrected chi connectivity index (χ0v) is 11.2. The summed E-state index contributed by atoms with van der Waals surface area (Å²) in [5.41, 5.74) is 2.08. The Bertz CT molecular complexity index is 534. The average molecular weight is 259 g/mol. The number of benzene rings is 1. The predicted octanol–water partition coefficient (Wildman–Crippen LogP) is 2.39. The number of rotatable bonds is 4. The van der Waals surface area contributed by atoms with Crippen LogP contribution in [0, 0.1) is 0 Å². The van der Waals surface area contributed by atoms with Crippen LogP contribution in [0.4, 0.5) is 5.69 Å². The van der Waals surface area contributed by atoms with Crippen molar-refractivity contribution in [2.45, 2.75) is 20.3 Å². The minimum atomic E-state index is -0.473. The fourth-order valence-corrected chi connectivity index (χ4v) is 2.19. The van der Waals surface area contributed by atoms with E-state index in [4.69, 9.17) is 4.74 Å². The van der Waals surface area contributed by atoms with Crippen LogP contribution in [0.3, 0.4) is 0 Å². The third-order valence-corrected chi connectivity index (χ3v) is 2.96. The second-order valence-corrected chi connectivity index (χ2v) is 4.28. The largest absolute Gasteiger partial charge is 0.463 e. The summed E-state index contributed by atoms with van der Waals surface area (Å²) in [6.45, 7) is 4.71. The van der Waals surface area contributed by atoms with Crippen molar-refractivity contribution in [2.24, 2.45) is 0 Å². The Morgan fingerprint density at radius 1 is 1.32 bits per heavy atom. The van der Waals surface area contributed by atoms with E-state index >= 15 is 0 Å². The van der Waals surface area contributed by atoms with Crippen molar-refractivity contribution < 1.29 is 14.3 Å². The lowest BCUT2D eigenvalue weighted by molar-refractivity contribution is -0.137. The number of para-hydroxylation sites is 1. The van der Waals surface area contributed by atoms with Crippen molar-refractivity contribution >= 4 is 23.1 Å². The van der Waals surface area contributed by atoms with Gasteiger partial charge in [0.1, 0.15) is 0 Å². The van der Waals surface area contributed by atoms with E-state index in [9.17, 15) is 9.59 Å². The minimum absolute atomic E-state index is 0.129. The molecule has 0 bridgehead atoms. The van der Waals surface area contributed by atoms with Gasteiger partial charge in [-0.25, -0.2) is 4.79 Å². The fraction of sp³-hybridized carbons (Fsp3) is 0.333. The maximum atomic E-state index is 12.3. The molecule has 0 fully saturated rings. The van der Waals surface area contributed by atoms with E-state index in [-0.39, 0.29) is 5.91 Å². The molecule has 0 spiro atoms. The van der Waals surface area contributed by atoms with Crippen molar-refractivity contribution in [1.82, 2.24) is 0 Å². The Kier molecular flexibility index (Phi) is 4.00. The molecule has 1 heterocycles. The number of carbonyl (C=O) groups excluding carboxylic acids is 2. The Morgan fingerprint density at radius 3 is 2.74 bits per heavy atom. The van der Waals surface area contributed by atoms with Gasteiger partial charge in [-0.05, 0) is 19.4 Å². The molecule has 0 aliphatic carbocycles. The highest BCUT2D eigenvalue weighted by atomic mass is 16.5. The van der Waals surface area contributed by atoms with Gasteiger partial charge in [-0.1, -0.05) is 25.1 Å². The Balaban J connectivity index is 2.41. The molecule has 0 atom stereocenters. The molecule has 4 nitrogen and oxygen atoms in total. The molecule has 1 aliphatic heterocycles. The van der Waals surface area contributed by atoms with Gasteiger partial charge in [0.2, 0.25) is 0 Å². The van der Waals surface area contributed by atoms with E-state index in [0.717, 1.165) is 17.7 Å². The van der Waals surface area contributed by atoms with Crippen LogP contribution in [0.1, 0.15) is 25.8 Å². The Labute approximate surface area is 112 Å². The summed E-state index contributed by atoms with van der Waals surface area (Å²) < 4.78 is 4.88. The highest BCUT2D eigenvalue weighted by Crippen LogP contribution is 2.36.